The van der Waals surface area contributed by atoms with Crippen LogP contribution in [0.5, 0.6) is 5.88 Å². The van der Waals surface area contributed by atoms with Crippen molar-refractivity contribution in [2.75, 3.05) is 37.7 Å². The number of halogens is 1. The number of nitrogens with zero attached hydrogens (tertiary/aromatic N) is 3. The highest BCUT2D eigenvalue weighted by Crippen LogP contribution is 2.20. The molecule has 2 aromatic rings. The summed E-state index contributed by atoms with van der Waals surface area (Å²) < 4.78 is 18.5. The molecule has 1 aromatic carbocycles. The normalized spacial score (nSPS) is 14.6. The van der Waals surface area contributed by atoms with E-state index in [4.69, 9.17) is 4.74 Å². The summed E-state index contributed by atoms with van der Waals surface area (Å²) in [5.41, 5.74) is 1.47. The highest BCUT2D eigenvalue weighted by Gasteiger charge is 2.24. The molecule has 5 nitrogen and oxygen atoms in total. The zero-order valence-electron chi connectivity index (χ0n) is 13.6. The Bertz CT molecular complexity index is 698. The Balaban J connectivity index is 1.66. The lowest BCUT2D eigenvalue weighted by atomic mass is 10.2. The Morgan fingerprint density at radius 1 is 1.17 bits per heavy atom. The number of aromatic nitrogens is 1. The van der Waals surface area contributed by atoms with Gasteiger partial charge in [-0.2, -0.15) is 0 Å². The maximum Gasteiger partial charge on any atom is 0.259 e. The molecule has 0 N–H and O–H groups in total. The van der Waals surface area contributed by atoms with Crippen LogP contribution in [-0.2, 0) is 0 Å². The summed E-state index contributed by atoms with van der Waals surface area (Å²) in [6.45, 7) is 4.97. The Kier molecular flexibility index (Phi) is 4.93. The van der Waals surface area contributed by atoms with Gasteiger partial charge in [-0.25, -0.2) is 9.37 Å². The van der Waals surface area contributed by atoms with E-state index in [1.54, 1.807) is 35.4 Å². The average Bonchev–Trinajstić information content (AvgIpc) is 2.63. The zero-order chi connectivity index (χ0) is 16.9. The summed E-state index contributed by atoms with van der Waals surface area (Å²) in [7, 11) is 0. The predicted octanol–water partition coefficient (Wildman–Crippen LogP) is 2.58. The van der Waals surface area contributed by atoms with Crippen molar-refractivity contribution in [1.82, 2.24) is 9.88 Å². The second kappa shape index (κ2) is 7.29. The van der Waals surface area contributed by atoms with E-state index in [0.29, 0.717) is 44.2 Å². The van der Waals surface area contributed by atoms with Crippen molar-refractivity contribution in [3.8, 4) is 5.88 Å². The lowest BCUT2D eigenvalue weighted by Crippen LogP contribution is -2.48. The van der Waals surface area contributed by atoms with Gasteiger partial charge < -0.3 is 14.5 Å². The fourth-order valence-corrected chi connectivity index (χ4v) is 2.80. The maximum absolute atomic E-state index is 13.0. The highest BCUT2D eigenvalue weighted by atomic mass is 19.1. The SMILES string of the molecule is CCOc1ncccc1C(=O)N1CCN(c2ccc(F)cc2)CC1. The Hall–Kier alpha value is -2.63. The molecule has 0 unspecified atom stereocenters. The van der Waals surface area contributed by atoms with Crippen LogP contribution in [0.3, 0.4) is 0 Å². The van der Waals surface area contributed by atoms with E-state index >= 15 is 0 Å². The molecule has 1 aliphatic rings. The van der Waals surface area contributed by atoms with Crippen LogP contribution in [0.2, 0.25) is 0 Å². The first-order valence-electron chi connectivity index (χ1n) is 8.06. The molecule has 0 aliphatic carbocycles. The number of amides is 1. The smallest absolute Gasteiger partial charge is 0.259 e. The number of benzene rings is 1. The van der Waals surface area contributed by atoms with Crippen molar-refractivity contribution in [1.29, 1.82) is 0 Å². The number of anilines is 1. The zero-order valence-corrected chi connectivity index (χ0v) is 13.6. The molecule has 1 aliphatic heterocycles. The number of hydrogen-bond donors (Lipinski definition) is 0. The molecular formula is C18H20FN3O2. The van der Waals surface area contributed by atoms with Gasteiger partial charge in [0.2, 0.25) is 5.88 Å². The van der Waals surface area contributed by atoms with Crippen LogP contribution in [-0.4, -0.2) is 48.6 Å². The summed E-state index contributed by atoms with van der Waals surface area (Å²) in [5, 5.41) is 0. The monoisotopic (exact) mass is 329 g/mol. The fraction of sp³-hybridized carbons (Fsp3) is 0.333. The van der Waals surface area contributed by atoms with Gasteiger partial charge in [0.1, 0.15) is 11.4 Å². The minimum Gasteiger partial charge on any atom is -0.477 e. The summed E-state index contributed by atoms with van der Waals surface area (Å²) in [6, 6.07) is 9.92. The summed E-state index contributed by atoms with van der Waals surface area (Å²) in [5.74, 6) is 0.0730. The Labute approximate surface area is 140 Å². The molecule has 1 fully saturated rings. The van der Waals surface area contributed by atoms with Gasteiger partial charge in [-0.3, -0.25) is 4.79 Å². The van der Waals surface area contributed by atoms with Crippen molar-refractivity contribution in [3.05, 3.63) is 54.0 Å². The van der Waals surface area contributed by atoms with Gasteiger partial charge in [0.25, 0.3) is 5.91 Å². The Morgan fingerprint density at radius 3 is 2.54 bits per heavy atom. The second-order valence-corrected chi connectivity index (χ2v) is 5.54. The molecule has 3 rings (SSSR count). The van der Waals surface area contributed by atoms with E-state index in [1.807, 2.05) is 6.92 Å². The highest BCUT2D eigenvalue weighted by molar-refractivity contribution is 5.96. The van der Waals surface area contributed by atoms with Gasteiger partial charge >= 0.3 is 0 Å². The number of pyridine rings is 1. The van der Waals surface area contributed by atoms with Gasteiger partial charge in [-0.05, 0) is 43.3 Å². The van der Waals surface area contributed by atoms with Crippen LogP contribution < -0.4 is 9.64 Å². The molecule has 24 heavy (non-hydrogen) atoms. The first-order valence-corrected chi connectivity index (χ1v) is 8.06. The van der Waals surface area contributed by atoms with E-state index < -0.39 is 0 Å². The van der Waals surface area contributed by atoms with Crippen molar-refractivity contribution < 1.29 is 13.9 Å². The third kappa shape index (κ3) is 3.48. The Morgan fingerprint density at radius 2 is 1.88 bits per heavy atom. The number of hydrogen-bond acceptors (Lipinski definition) is 4. The van der Waals surface area contributed by atoms with E-state index in [1.165, 1.54) is 12.1 Å². The van der Waals surface area contributed by atoms with Gasteiger partial charge in [0.15, 0.2) is 0 Å². The number of ether oxygens (including phenoxy) is 1. The van der Waals surface area contributed by atoms with E-state index in [0.717, 1.165) is 5.69 Å². The van der Waals surface area contributed by atoms with Crippen LogP contribution in [0, 0.1) is 5.82 Å². The molecular weight excluding hydrogens is 309 g/mol. The molecule has 2 heterocycles. The topological polar surface area (TPSA) is 45.7 Å². The van der Waals surface area contributed by atoms with Crippen molar-refractivity contribution in [2.24, 2.45) is 0 Å². The van der Waals surface area contributed by atoms with Crippen LogP contribution in [0.25, 0.3) is 0 Å². The number of carbonyl (C=O) groups is 1. The third-order valence-electron chi connectivity index (χ3n) is 4.04. The van der Waals surface area contributed by atoms with Crippen LogP contribution in [0.15, 0.2) is 42.6 Å². The van der Waals surface area contributed by atoms with Crippen molar-refractivity contribution in [3.63, 3.8) is 0 Å². The van der Waals surface area contributed by atoms with Gasteiger partial charge in [0.05, 0.1) is 6.61 Å². The summed E-state index contributed by atoms with van der Waals surface area (Å²) in [6.07, 6.45) is 1.62. The predicted molar refractivity (Wildman–Crippen MR) is 89.9 cm³/mol. The molecule has 0 saturated carbocycles. The fourth-order valence-electron chi connectivity index (χ4n) is 2.80. The van der Waals surface area contributed by atoms with Crippen LogP contribution >= 0.6 is 0 Å². The van der Waals surface area contributed by atoms with E-state index in [-0.39, 0.29) is 11.7 Å². The lowest BCUT2D eigenvalue weighted by Gasteiger charge is -2.36. The maximum atomic E-state index is 13.0. The van der Waals surface area contributed by atoms with Gasteiger partial charge in [-0.15, -0.1) is 0 Å². The molecule has 1 amide bonds. The molecule has 0 bridgehead atoms. The van der Waals surface area contributed by atoms with E-state index in [9.17, 15) is 9.18 Å². The molecule has 126 valence electrons. The van der Waals surface area contributed by atoms with Gasteiger partial charge in [-0.1, -0.05) is 0 Å². The minimum absolute atomic E-state index is 0.0645. The largest absolute Gasteiger partial charge is 0.477 e. The average molecular weight is 329 g/mol. The quantitative estimate of drug-likeness (QED) is 0.865. The molecule has 1 aromatic heterocycles. The molecule has 1 saturated heterocycles. The van der Waals surface area contributed by atoms with Crippen LogP contribution in [0.4, 0.5) is 10.1 Å². The number of piperazine rings is 1. The summed E-state index contributed by atoms with van der Waals surface area (Å²) in [4.78, 5) is 20.8. The molecule has 6 heteroatoms. The molecule has 0 spiro atoms. The molecule has 0 radical (unpaired) electrons. The van der Waals surface area contributed by atoms with Crippen LogP contribution in [0.1, 0.15) is 17.3 Å². The third-order valence-corrected chi connectivity index (χ3v) is 4.04. The standard InChI is InChI=1S/C18H20FN3O2/c1-2-24-17-16(4-3-9-20-17)18(23)22-12-10-21(11-13-22)15-7-5-14(19)6-8-15/h3-9H,2,10-13H2,1H3. The number of carbonyl (C=O) groups excluding carboxylic acids is 1. The first kappa shape index (κ1) is 16.2. The van der Waals surface area contributed by atoms with Crippen molar-refractivity contribution in [2.45, 2.75) is 6.92 Å². The van der Waals surface area contributed by atoms with E-state index in [2.05, 4.69) is 9.88 Å². The molecule has 0 atom stereocenters. The minimum atomic E-state index is -0.243. The first-order chi connectivity index (χ1) is 11.7. The second-order valence-electron chi connectivity index (χ2n) is 5.54. The van der Waals surface area contributed by atoms with Crippen molar-refractivity contribution >= 4 is 11.6 Å². The number of rotatable bonds is 4. The lowest BCUT2D eigenvalue weighted by molar-refractivity contribution is 0.0741. The summed E-state index contributed by atoms with van der Waals surface area (Å²) >= 11 is 0. The van der Waals surface area contributed by atoms with Gasteiger partial charge in [0, 0.05) is 38.1 Å².